The normalized spacial score (nSPS) is 12.7. The second-order valence-electron chi connectivity index (χ2n) is 17.3. The summed E-state index contributed by atoms with van der Waals surface area (Å²) >= 11 is 0. The number of hydrogen-bond acceptors (Lipinski definition) is 2. The van der Waals surface area contributed by atoms with Crippen LogP contribution in [0.15, 0.2) is 218 Å². The Labute approximate surface area is 367 Å². The number of fused-ring (bicyclic) bond motifs is 7. The van der Waals surface area contributed by atoms with Gasteiger partial charge in [-0.3, -0.25) is 0 Å². The molecule has 0 aliphatic heterocycles. The first kappa shape index (κ1) is 36.9. The molecule has 0 spiro atoms. The minimum Gasteiger partial charge on any atom is -0.228 e. The van der Waals surface area contributed by atoms with Gasteiger partial charge in [0.25, 0.3) is 0 Å². The van der Waals surface area contributed by atoms with Gasteiger partial charge in [-0.15, -0.1) is 0 Å². The van der Waals surface area contributed by atoms with Crippen molar-refractivity contribution < 1.29 is 0 Å². The maximum Gasteiger partial charge on any atom is 0.160 e. The average Bonchev–Trinajstić information content (AvgIpc) is 3.58. The van der Waals surface area contributed by atoms with E-state index < -0.39 is 0 Å². The Morgan fingerprint density at radius 3 is 1.63 bits per heavy atom. The van der Waals surface area contributed by atoms with Gasteiger partial charge in [0.05, 0.1) is 11.4 Å². The summed E-state index contributed by atoms with van der Waals surface area (Å²) in [7, 11) is 0. The fraction of sp³-hybridized carbons (Fsp3) is 0.0492. The molecule has 2 heteroatoms. The Morgan fingerprint density at radius 1 is 0.317 bits per heavy atom. The standard InChI is InChI=1S/C61H42N2/c1-61(2)53-27-14-13-24-48(53)52-37-45(33-35-54(52)61)44-21-15-22-46(36-44)56-38-55(62-60(63-56)43-19-7-4-8-20-43)40-28-30-42(31-29-40)57-49-25-11-12-26-50(49)58(41-17-5-3-6-18-41)59-47-23-10-9-16-39(47)32-34-51(57)59/h3-38H,1-2H3. The van der Waals surface area contributed by atoms with Crippen LogP contribution in [-0.2, 0) is 5.41 Å². The van der Waals surface area contributed by atoms with Crippen LogP contribution in [-0.4, -0.2) is 9.97 Å². The van der Waals surface area contributed by atoms with Crippen molar-refractivity contribution in [1.82, 2.24) is 9.97 Å². The highest BCUT2D eigenvalue weighted by molar-refractivity contribution is 6.27. The van der Waals surface area contributed by atoms with Crippen LogP contribution in [0.3, 0.4) is 0 Å². The number of aromatic nitrogens is 2. The van der Waals surface area contributed by atoms with Crippen molar-refractivity contribution in [2.24, 2.45) is 0 Å². The Balaban J connectivity index is 0.987. The molecule has 2 nitrogen and oxygen atoms in total. The van der Waals surface area contributed by atoms with Crippen molar-refractivity contribution in [2.75, 3.05) is 0 Å². The van der Waals surface area contributed by atoms with Gasteiger partial charge in [-0.25, -0.2) is 9.97 Å². The molecule has 0 amide bonds. The van der Waals surface area contributed by atoms with Crippen LogP contribution < -0.4 is 0 Å². The summed E-state index contributed by atoms with van der Waals surface area (Å²) in [5, 5.41) is 7.50. The van der Waals surface area contributed by atoms with E-state index in [1.165, 1.54) is 82.4 Å². The summed E-state index contributed by atoms with van der Waals surface area (Å²) in [4.78, 5) is 10.4. The predicted molar refractivity (Wildman–Crippen MR) is 265 cm³/mol. The molecule has 1 aliphatic carbocycles. The van der Waals surface area contributed by atoms with Gasteiger partial charge in [0.1, 0.15) is 0 Å². The van der Waals surface area contributed by atoms with Crippen LogP contribution in [0.1, 0.15) is 25.0 Å². The lowest BCUT2D eigenvalue weighted by molar-refractivity contribution is 0.660. The molecule has 12 rings (SSSR count). The largest absolute Gasteiger partial charge is 0.228 e. The number of rotatable bonds is 6. The third kappa shape index (κ3) is 6.09. The lowest BCUT2D eigenvalue weighted by atomic mass is 9.82. The lowest BCUT2D eigenvalue weighted by Crippen LogP contribution is -2.14. The number of benzene rings is 10. The van der Waals surface area contributed by atoms with Crippen LogP contribution in [0, 0.1) is 0 Å². The first-order chi connectivity index (χ1) is 31.0. The van der Waals surface area contributed by atoms with Gasteiger partial charge in [0, 0.05) is 22.1 Å². The van der Waals surface area contributed by atoms with Crippen molar-refractivity contribution >= 4 is 32.3 Å². The third-order valence-corrected chi connectivity index (χ3v) is 13.3. The summed E-state index contributed by atoms with van der Waals surface area (Å²) in [5.41, 5.74) is 17.5. The van der Waals surface area contributed by atoms with E-state index in [0.29, 0.717) is 5.82 Å². The minimum atomic E-state index is -0.0286. The molecule has 0 atom stereocenters. The number of nitrogens with zero attached hydrogens (tertiary/aromatic N) is 2. The molecule has 0 bridgehead atoms. The molecule has 0 saturated heterocycles. The van der Waals surface area contributed by atoms with Gasteiger partial charge in [-0.05, 0) is 106 Å². The van der Waals surface area contributed by atoms with E-state index in [1.807, 2.05) is 6.07 Å². The zero-order chi connectivity index (χ0) is 42.1. The fourth-order valence-electron chi connectivity index (χ4n) is 10.2. The zero-order valence-electron chi connectivity index (χ0n) is 35.2. The van der Waals surface area contributed by atoms with E-state index in [0.717, 1.165) is 33.6 Å². The summed E-state index contributed by atoms with van der Waals surface area (Å²) in [6.07, 6.45) is 0. The molecule has 10 aromatic carbocycles. The Hall–Kier alpha value is -7.94. The topological polar surface area (TPSA) is 25.8 Å². The molecule has 1 heterocycles. The van der Waals surface area contributed by atoms with E-state index in [9.17, 15) is 0 Å². The molecular formula is C61H42N2. The van der Waals surface area contributed by atoms with Gasteiger partial charge in [-0.2, -0.15) is 0 Å². The van der Waals surface area contributed by atoms with Gasteiger partial charge < -0.3 is 0 Å². The molecule has 0 saturated carbocycles. The van der Waals surface area contributed by atoms with Crippen LogP contribution in [0.4, 0.5) is 0 Å². The van der Waals surface area contributed by atoms with E-state index in [4.69, 9.17) is 9.97 Å². The second kappa shape index (κ2) is 14.6. The summed E-state index contributed by atoms with van der Waals surface area (Å²) in [6.45, 7) is 4.66. The minimum absolute atomic E-state index is 0.0286. The predicted octanol–water partition coefficient (Wildman–Crippen LogP) is 16.2. The Kier molecular flexibility index (Phi) is 8.55. The van der Waals surface area contributed by atoms with Crippen LogP contribution in [0.2, 0.25) is 0 Å². The highest BCUT2D eigenvalue weighted by Gasteiger charge is 2.35. The van der Waals surface area contributed by atoms with Crippen LogP contribution in [0.25, 0.3) is 111 Å². The van der Waals surface area contributed by atoms with Crippen molar-refractivity contribution in [3.8, 4) is 78.4 Å². The highest BCUT2D eigenvalue weighted by atomic mass is 14.9. The molecule has 1 aromatic heterocycles. The average molecular weight is 803 g/mol. The summed E-state index contributed by atoms with van der Waals surface area (Å²) < 4.78 is 0. The van der Waals surface area contributed by atoms with Crippen LogP contribution in [0.5, 0.6) is 0 Å². The quantitative estimate of drug-likeness (QED) is 0.124. The zero-order valence-corrected chi connectivity index (χ0v) is 35.2. The van der Waals surface area contributed by atoms with Crippen LogP contribution >= 0.6 is 0 Å². The molecule has 0 radical (unpaired) electrons. The molecule has 0 fully saturated rings. The van der Waals surface area contributed by atoms with Crippen molar-refractivity contribution in [3.63, 3.8) is 0 Å². The van der Waals surface area contributed by atoms with Crippen molar-refractivity contribution in [3.05, 3.63) is 230 Å². The maximum absolute atomic E-state index is 5.22. The monoisotopic (exact) mass is 802 g/mol. The Bertz CT molecular complexity index is 3570. The van der Waals surface area contributed by atoms with E-state index in [1.54, 1.807) is 0 Å². The SMILES string of the molecule is CC1(C)c2ccccc2-c2cc(-c3cccc(-c4cc(-c5ccc(-c6c7ccccc7c(-c7ccccc7)c7c6ccc6ccccc67)cc5)nc(-c5ccccc5)n4)c3)ccc21. The maximum atomic E-state index is 5.22. The lowest BCUT2D eigenvalue weighted by Gasteiger charge is -2.21. The Morgan fingerprint density at radius 2 is 0.857 bits per heavy atom. The van der Waals surface area contributed by atoms with Gasteiger partial charge >= 0.3 is 0 Å². The van der Waals surface area contributed by atoms with E-state index in [2.05, 4.69) is 226 Å². The van der Waals surface area contributed by atoms with E-state index >= 15 is 0 Å². The van der Waals surface area contributed by atoms with Gasteiger partial charge in [-0.1, -0.05) is 214 Å². The number of hydrogen-bond donors (Lipinski definition) is 0. The molecule has 1 aliphatic rings. The van der Waals surface area contributed by atoms with Gasteiger partial charge in [0.15, 0.2) is 5.82 Å². The summed E-state index contributed by atoms with van der Waals surface area (Å²) in [5.74, 6) is 0.703. The van der Waals surface area contributed by atoms with Crippen molar-refractivity contribution in [1.29, 1.82) is 0 Å². The smallest absolute Gasteiger partial charge is 0.160 e. The molecule has 296 valence electrons. The summed E-state index contributed by atoms with van der Waals surface area (Å²) in [6, 6.07) is 79.1. The van der Waals surface area contributed by atoms with Gasteiger partial charge in [0.2, 0.25) is 0 Å². The molecule has 0 N–H and O–H groups in total. The fourth-order valence-corrected chi connectivity index (χ4v) is 10.2. The van der Waals surface area contributed by atoms with Crippen molar-refractivity contribution in [2.45, 2.75) is 19.3 Å². The third-order valence-electron chi connectivity index (χ3n) is 13.3. The molecule has 0 unspecified atom stereocenters. The first-order valence-electron chi connectivity index (χ1n) is 21.8. The molecular weight excluding hydrogens is 761 g/mol. The molecule has 63 heavy (non-hydrogen) atoms. The second-order valence-corrected chi connectivity index (χ2v) is 17.3. The first-order valence-corrected chi connectivity index (χ1v) is 21.8. The van der Waals surface area contributed by atoms with E-state index in [-0.39, 0.29) is 5.41 Å². The molecule has 11 aromatic rings. The highest BCUT2D eigenvalue weighted by Crippen LogP contribution is 2.50.